The van der Waals surface area contributed by atoms with Crippen molar-refractivity contribution in [3.05, 3.63) is 29.3 Å². The number of rotatable bonds is 3. The number of thioether (sulfide) groups is 1. The fourth-order valence-corrected chi connectivity index (χ4v) is 1.98. The Balaban J connectivity index is 2.57. The minimum atomic E-state index is -0.196. The highest BCUT2D eigenvalue weighted by Crippen LogP contribution is 2.19. The summed E-state index contributed by atoms with van der Waals surface area (Å²) in [7, 11) is 0. The Kier molecular flexibility index (Phi) is 5.37. The van der Waals surface area contributed by atoms with E-state index in [1.807, 2.05) is 32.0 Å². The number of guanidine groups is 1. The van der Waals surface area contributed by atoms with Crippen LogP contribution in [-0.4, -0.2) is 22.8 Å². The minimum Gasteiger partial charge on any atom is -0.370 e. The number of nitrogens with zero attached hydrogens (tertiary/aromatic N) is 1. The van der Waals surface area contributed by atoms with E-state index in [2.05, 4.69) is 10.3 Å². The van der Waals surface area contributed by atoms with Gasteiger partial charge in [-0.2, -0.15) is 4.99 Å². The molecule has 0 unspecified atom stereocenters. The Hall–Kier alpha value is -2.02. The molecule has 0 saturated heterocycles. The van der Waals surface area contributed by atoms with Gasteiger partial charge in [-0.15, -0.1) is 0 Å². The molecule has 0 fully saturated rings. The molecule has 0 radical (unpaired) electrons. The largest absolute Gasteiger partial charge is 0.370 e. The summed E-state index contributed by atoms with van der Waals surface area (Å²) in [6.07, 6.45) is 0. The molecule has 0 heterocycles. The highest BCUT2D eigenvalue weighted by molar-refractivity contribution is 8.14. The summed E-state index contributed by atoms with van der Waals surface area (Å²) in [5, 5.41) is 10.1. The van der Waals surface area contributed by atoms with Crippen LogP contribution in [0.1, 0.15) is 11.1 Å². The Labute approximate surface area is 116 Å². The average molecular weight is 279 g/mol. The summed E-state index contributed by atoms with van der Waals surface area (Å²) in [6, 6.07) is 5.79. The third kappa shape index (κ3) is 5.01. The lowest BCUT2D eigenvalue weighted by molar-refractivity contribution is -0.113. The van der Waals surface area contributed by atoms with Gasteiger partial charge >= 0.3 is 0 Å². The molecule has 0 aliphatic heterocycles. The number of carbonyl (C=O) groups excluding carboxylic acids is 1. The van der Waals surface area contributed by atoms with E-state index in [4.69, 9.17) is 16.9 Å². The summed E-state index contributed by atoms with van der Waals surface area (Å²) >= 11 is 0.968. The highest BCUT2D eigenvalue weighted by atomic mass is 32.2. The third-order valence-electron chi connectivity index (χ3n) is 2.32. The maximum Gasteiger partial charge on any atom is 0.234 e. The Bertz CT molecular complexity index is 503. The summed E-state index contributed by atoms with van der Waals surface area (Å²) in [5.41, 5.74) is 13.1. The molecule has 0 spiro atoms. The van der Waals surface area contributed by atoms with Crippen LogP contribution >= 0.6 is 11.8 Å². The predicted molar refractivity (Wildman–Crippen MR) is 80.5 cm³/mol. The van der Waals surface area contributed by atoms with Crippen LogP contribution in [0.15, 0.2) is 23.2 Å². The van der Waals surface area contributed by atoms with Crippen LogP contribution in [0, 0.1) is 19.3 Å². The van der Waals surface area contributed by atoms with Crippen LogP contribution in [0.5, 0.6) is 0 Å². The molecule has 102 valence electrons. The van der Waals surface area contributed by atoms with Crippen LogP contribution < -0.4 is 16.8 Å². The molecule has 0 aliphatic carbocycles. The minimum absolute atomic E-state index is 0.0864. The third-order valence-corrected chi connectivity index (χ3v) is 3.09. The zero-order valence-electron chi connectivity index (χ0n) is 10.9. The number of carbonyl (C=O) groups is 1. The molecule has 6 nitrogen and oxygen atoms in total. The molecule has 1 rings (SSSR count). The second-order valence-corrected chi connectivity index (χ2v) is 4.91. The Morgan fingerprint density at radius 1 is 1.37 bits per heavy atom. The second kappa shape index (κ2) is 6.79. The summed E-state index contributed by atoms with van der Waals surface area (Å²) < 4.78 is 0. The summed E-state index contributed by atoms with van der Waals surface area (Å²) in [6.45, 7) is 3.86. The molecule has 7 heteroatoms. The SMILES string of the molecule is Cc1cccc(C)c1NC(=O)CSC(=N)N=C(N)N. The predicted octanol–water partition coefficient (Wildman–Crippen LogP) is 1.18. The van der Waals surface area contributed by atoms with Gasteiger partial charge in [0.2, 0.25) is 5.91 Å². The number of nitrogens with two attached hydrogens (primary N) is 2. The van der Waals surface area contributed by atoms with Gasteiger partial charge in [0, 0.05) is 5.69 Å². The smallest absolute Gasteiger partial charge is 0.234 e. The van der Waals surface area contributed by atoms with Gasteiger partial charge in [0.05, 0.1) is 5.75 Å². The van der Waals surface area contributed by atoms with Gasteiger partial charge in [-0.05, 0) is 25.0 Å². The van der Waals surface area contributed by atoms with Crippen LogP contribution in [0.4, 0.5) is 5.69 Å². The number of para-hydroxylation sites is 1. The molecule has 0 aromatic heterocycles. The molecule has 0 bridgehead atoms. The Morgan fingerprint density at radius 2 is 1.95 bits per heavy atom. The monoisotopic (exact) mass is 279 g/mol. The van der Waals surface area contributed by atoms with Crippen molar-refractivity contribution in [1.82, 2.24) is 0 Å². The van der Waals surface area contributed by atoms with Crippen molar-refractivity contribution in [2.45, 2.75) is 13.8 Å². The van der Waals surface area contributed by atoms with Crippen LogP contribution in [0.3, 0.4) is 0 Å². The number of benzene rings is 1. The first-order chi connectivity index (χ1) is 8.90. The van der Waals surface area contributed by atoms with E-state index < -0.39 is 0 Å². The maximum absolute atomic E-state index is 11.8. The first-order valence-corrected chi connectivity index (χ1v) is 6.55. The molecular weight excluding hydrogens is 262 g/mol. The molecule has 0 aliphatic rings. The van der Waals surface area contributed by atoms with E-state index >= 15 is 0 Å². The number of amides is 1. The van der Waals surface area contributed by atoms with Gasteiger partial charge in [0.25, 0.3) is 0 Å². The van der Waals surface area contributed by atoms with Crippen molar-refractivity contribution < 1.29 is 4.79 Å². The maximum atomic E-state index is 11.8. The van der Waals surface area contributed by atoms with Crippen LogP contribution in [-0.2, 0) is 4.79 Å². The van der Waals surface area contributed by atoms with Gasteiger partial charge in [0.15, 0.2) is 11.1 Å². The van der Waals surface area contributed by atoms with Crippen molar-refractivity contribution in [3.63, 3.8) is 0 Å². The van der Waals surface area contributed by atoms with Gasteiger partial charge < -0.3 is 16.8 Å². The number of hydrogen-bond acceptors (Lipinski definition) is 3. The van der Waals surface area contributed by atoms with E-state index in [1.54, 1.807) is 0 Å². The molecule has 1 amide bonds. The zero-order chi connectivity index (χ0) is 14.4. The number of anilines is 1. The summed E-state index contributed by atoms with van der Waals surface area (Å²) in [5.74, 6) is -0.297. The lowest BCUT2D eigenvalue weighted by Crippen LogP contribution is -2.24. The Morgan fingerprint density at radius 3 is 2.47 bits per heavy atom. The molecule has 0 saturated carbocycles. The van der Waals surface area contributed by atoms with E-state index in [9.17, 15) is 4.79 Å². The van der Waals surface area contributed by atoms with Crippen molar-refractivity contribution in [2.75, 3.05) is 11.1 Å². The van der Waals surface area contributed by atoms with Crippen LogP contribution in [0.2, 0.25) is 0 Å². The van der Waals surface area contributed by atoms with Gasteiger partial charge in [-0.3, -0.25) is 10.2 Å². The molecule has 19 heavy (non-hydrogen) atoms. The quantitative estimate of drug-likeness (QED) is 0.491. The number of nitrogens with one attached hydrogen (secondary N) is 2. The fourth-order valence-electron chi connectivity index (χ4n) is 1.47. The normalized spacial score (nSPS) is 9.79. The molecular formula is C12H17N5OS. The van der Waals surface area contributed by atoms with E-state index in [0.29, 0.717) is 0 Å². The standard InChI is InChI=1S/C12H17N5OS/c1-7-4-3-5-8(2)10(7)16-9(18)6-19-12(15)17-11(13)14/h3-5H,6H2,1-2H3,(H,16,18)(H5,13,14,15,17). The van der Waals surface area contributed by atoms with Gasteiger partial charge in [-0.25, -0.2) is 0 Å². The first kappa shape index (κ1) is 15.0. The van der Waals surface area contributed by atoms with Crippen molar-refractivity contribution in [1.29, 1.82) is 5.41 Å². The molecule has 0 atom stereocenters. The van der Waals surface area contributed by atoms with Crippen LogP contribution in [0.25, 0.3) is 0 Å². The van der Waals surface area contributed by atoms with Crippen molar-refractivity contribution in [3.8, 4) is 0 Å². The zero-order valence-corrected chi connectivity index (χ0v) is 11.7. The lowest BCUT2D eigenvalue weighted by atomic mass is 10.1. The highest BCUT2D eigenvalue weighted by Gasteiger charge is 2.08. The fraction of sp³-hybridized carbons (Fsp3) is 0.250. The van der Waals surface area contributed by atoms with Gasteiger partial charge in [-0.1, -0.05) is 30.0 Å². The van der Waals surface area contributed by atoms with Crippen molar-refractivity contribution in [2.24, 2.45) is 16.5 Å². The number of amidine groups is 1. The molecule has 1 aromatic rings. The van der Waals surface area contributed by atoms with Crippen molar-refractivity contribution >= 4 is 34.5 Å². The number of aryl methyl sites for hydroxylation is 2. The summed E-state index contributed by atoms with van der Waals surface area (Å²) in [4.78, 5) is 15.3. The molecule has 6 N–H and O–H groups in total. The van der Waals surface area contributed by atoms with E-state index in [-0.39, 0.29) is 22.8 Å². The van der Waals surface area contributed by atoms with E-state index in [1.165, 1.54) is 0 Å². The van der Waals surface area contributed by atoms with E-state index in [0.717, 1.165) is 28.6 Å². The number of hydrogen-bond donors (Lipinski definition) is 4. The lowest BCUT2D eigenvalue weighted by Gasteiger charge is -2.10. The van der Waals surface area contributed by atoms with Gasteiger partial charge in [0.1, 0.15) is 0 Å². The number of aliphatic imine (C=N–C) groups is 1. The second-order valence-electron chi connectivity index (χ2n) is 3.95. The average Bonchev–Trinajstić information content (AvgIpc) is 2.30. The molecule has 1 aromatic carbocycles. The topological polar surface area (TPSA) is 117 Å². The first-order valence-electron chi connectivity index (χ1n) is 5.57.